The number of thiophene rings is 1. The molecule has 122 valence electrons. The van der Waals surface area contributed by atoms with E-state index in [-0.39, 0.29) is 5.41 Å². The Labute approximate surface area is 133 Å². The first-order valence-electron chi connectivity index (χ1n) is 7.27. The summed E-state index contributed by atoms with van der Waals surface area (Å²) >= 11 is 1.28. The van der Waals surface area contributed by atoms with Crippen molar-refractivity contribution in [2.45, 2.75) is 64.3 Å². The summed E-state index contributed by atoms with van der Waals surface area (Å²) in [6, 6.07) is 1.75. The summed E-state index contributed by atoms with van der Waals surface area (Å²) in [7, 11) is -3.45. The molecule has 1 rings (SSSR count). The predicted octanol–water partition coefficient (Wildman–Crippen LogP) is 3.35. The fourth-order valence-electron chi connectivity index (χ4n) is 2.63. The first-order valence-corrected chi connectivity index (χ1v) is 9.64. The van der Waals surface area contributed by atoms with Crippen molar-refractivity contribution in [3.05, 3.63) is 17.0 Å². The minimum absolute atomic E-state index is 0.0671. The average Bonchev–Trinajstić information content (AvgIpc) is 2.70. The van der Waals surface area contributed by atoms with E-state index in [1.807, 2.05) is 26.2 Å². The zero-order valence-corrected chi connectivity index (χ0v) is 15.5. The van der Waals surface area contributed by atoms with Crippen LogP contribution in [0, 0.1) is 5.41 Å². The molecule has 0 aromatic carbocycles. The molecule has 0 aliphatic carbocycles. The van der Waals surface area contributed by atoms with E-state index in [9.17, 15) is 8.42 Å². The van der Waals surface area contributed by atoms with Gasteiger partial charge in [-0.2, -0.15) is 0 Å². The Morgan fingerprint density at radius 3 is 2.33 bits per heavy atom. The van der Waals surface area contributed by atoms with E-state index in [0.29, 0.717) is 10.8 Å². The van der Waals surface area contributed by atoms with Gasteiger partial charge < -0.3 is 5.32 Å². The molecule has 0 saturated carbocycles. The van der Waals surface area contributed by atoms with Crippen molar-refractivity contribution in [1.82, 2.24) is 10.0 Å². The summed E-state index contributed by atoms with van der Waals surface area (Å²) in [4.78, 5) is 0. The first kappa shape index (κ1) is 18.6. The van der Waals surface area contributed by atoms with E-state index in [1.165, 1.54) is 11.3 Å². The van der Waals surface area contributed by atoms with Gasteiger partial charge in [0.25, 0.3) is 10.0 Å². The summed E-state index contributed by atoms with van der Waals surface area (Å²) in [5, 5.41) is 5.10. The van der Waals surface area contributed by atoms with Crippen molar-refractivity contribution in [3.63, 3.8) is 0 Å². The van der Waals surface area contributed by atoms with Crippen LogP contribution in [0.2, 0.25) is 0 Å². The van der Waals surface area contributed by atoms with Gasteiger partial charge >= 0.3 is 0 Å². The van der Waals surface area contributed by atoms with Crippen molar-refractivity contribution in [3.8, 4) is 0 Å². The van der Waals surface area contributed by atoms with Gasteiger partial charge in [-0.1, -0.05) is 27.7 Å². The van der Waals surface area contributed by atoms with Crippen LogP contribution >= 0.6 is 11.3 Å². The van der Waals surface area contributed by atoms with Crippen molar-refractivity contribution in [1.29, 1.82) is 0 Å². The van der Waals surface area contributed by atoms with Crippen LogP contribution in [-0.2, 0) is 16.6 Å². The van der Waals surface area contributed by atoms with Gasteiger partial charge in [-0.3, -0.25) is 0 Å². The molecule has 4 nitrogen and oxygen atoms in total. The SMILES string of the molecule is CCNCc1csc(S(=O)(=O)NC(C)(C)CC(C)(C)C)c1. The number of sulfonamides is 1. The fraction of sp³-hybridized carbons (Fsp3) is 0.733. The zero-order chi connectivity index (χ0) is 16.3. The van der Waals surface area contributed by atoms with Gasteiger partial charge in [0.2, 0.25) is 0 Å². The lowest BCUT2D eigenvalue weighted by atomic mass is 9.82. The highest BCUT2D eigenvalue weighted by Gasteiger charge is 2.31. The van der Waals surface area contributed by atoms with Crippen LogP contribution in [0.25, 0.3) is 0 Å². The Bertz CT molecular complexity index is 554. The molecule has 0 amide bonds. The van der Waals surface area contributed by atoms with Gasteiger partial charge in [0, 0.05) is 12.1 Å². The Morgan fingerprint density at radius 1 is 1.19 bits per heavy atom. The fourth-order valence-corrected chi connectivity index (χ4v) is 5.25. The molecule has 6 heteroatoms. The van der Waals surface area contributed by atoms with Crippen LogP contribution in [0.3, 0.4) is 0 Å². The van der Waals surface area contributed by atoms with E-state index >= 15 is 0 Å². The third kappa shape index (κ3) is 6.46. The van der Waals surface area contributed by atoms with Crippen LogP contribution in [0.15, 0.2) is 15.7 Å². The molecule has 0 unspecified atom stereocenters. The van der Waals surface area contributed by atoms with Crippen LogP contribution in [0.5, 0.6) is 0 Å². The second-order valence-electron chi connectivity index (χ2n) is 7.28. The highest BCUT2D eigenvalue weighted by molar-refractivity contribution is 7.91. The highest BCUT2D eigenvalue weighted by atomic mass is 32.2. The third-order valence-corrected chi connectivity index (χ3v) is 6.04. The Hall–Kier alpha value is -0.430. The van der Waals surface area contributed by atoms with Gasteiger partial charge in [0.05, 0.1) is 0 Å². The second-order valence-corrected chi connectivity index (χ2v) is 10.1. The van der Waals surface area contributed by atoms with Gasteiger partial charge in [0.1, 0.15) is 4.21 Å². The van der Waals surface area contributed by atoms with E-state index in [0.717, 1.165) is 18.5 Å². The topological polar surface area (TPSA) is 58.2 Å². The number of nitrogens with one attached hydrogen (secondary N) is 2. The molecule has 0 atom stereocenters. The normalized spacial score (nSPS) is 13.6. The maximum atomic E-state index is 12.5. The summed E-state index contributed by atoms with van der Waals surface area (Å²) in [5.41, 5.74) is 0.608. The Morgan fingerprint density at radius 2 is 1.81 bits per heavy atom. The smallest absolute Gasteiger partial charge is 0.250 e. The minimum Gasteiger partial charge on any atom is -0.313 e. The maximum absolute atomic E-state index is 12.5. The van der Waals surface area contributed by atoms with E-state index in [2.05, 4.69) is 30.8 Å². The summed E-state index contributed by atoms with van der Waals surface area (Å²) in [5.74, 6) is 0. The van der Waals surface area contributed by atoms with Crippen molar-refractivity contribution in [2.75, 3.05) is 6.54 Å². The van der Waals surface area contributed by atoms with Crippen LogP contribution in [0.4, 0.5) is 0 Å². The molecule has 21 heavy (non-hydrogen) atoms. The van der Waals surface area contributed by atoms with Gasteiger partial charge in [0.15, 0.2) is 0 Å². The molecule has 1 aromatic rings. The van der Waals surface area contributed by atoms with E-state index < -0.39 is 15.6 Å². The molecule has 0 aliphatic rings. The molecule has 0 bridgehead atoms. The second kappa shape index (κ2) is 6.77. The lowest BCUT2D eigenvalue weighted by molar-refractivity contribution is 0.269. The van der Waals surface area contributed by atoms with Crippen LogP contribution in [-0.4, -0.2) is 20.5 Å². The average molecular weight is 333 g/mol. The monoisotopic (exact) mass is 332 g/mol. The van der Waals surface area contributed by atoms with Crippen LogP contribution < -0.4 is 10.0 Å². The van der Waals surface area contributed by atoms with E-state index in [1.54, 1.807) is 6.07 Å². The zero-order valence-electron chi connectivity index (χ0n) is 13.9. The number of rotatable bonds is 7. The largest absolute Gasteiger partial charge is 0.313 e. The molecule has 0 aliphatic heterocycles. The highest BCUT2D eigenvalue weighted by Crippen LogP contribution is 2.29. The molecule has 1 heterocycles. The molecule has 0 fully saturated rings. The number of hydrogen-bond donors (Lipinski definition) is 2. The Kier molecular flexibility index (Phi) is 6.00. The Balaban J connectivity index is 2.83. The van der Waals surface area contributed by atoms with Gasteiger partial charge in [-0.25, -0.2) is 13.1 Å². The van der Waals surface area contributed by atoms with Crippen molar-refractivity contribution in [2.24, 2.45) is 5.41 Å². The van der Waals surface area contributed by atoms with Crippen molar-refractivity contribution < 1.29 is 8.42 Å². The van der Waals surface area contributed by atoms with Gasteiger partial charge in [-0.05, 0) is 49.2 Å². The minimum atomic E-state index is -3.45. The molecular formula is C15H28N2O2S2. The number of hydrogen-bond acceptors (Lipinski definition) is 4. The molecular weight excluding hydrogens is 304 g/mol. The lowest BCUT2D eigenvalue weighted by Gasteiger charge is -2.32. The molecule has 2 N–H and O–H groups in total. The first-order chi connectivity index (χ1) is 9.45. The maximum Gasteiger partial charge on any atom is 0.250 e. The van der Waals surface area contributed by atoms with Crippen molar-refractivity contribution >= 4 is 21.4 Å². The third-order valence-electron chi connectivity index (χ3n) is 2.86. The quantitative estimate of drug-likeness (QED) is 0.805. The molecule has 0 saturated heterocycles. The van der Waals surface area contributed by atoms with Gasteiger partial charge in [-0.15, -0.1) is 11.3 Å². The summed E-state index contributed by atoms with van der Waals surface area (Å²) in [6.07, 6.45) is 0.773. The predicted molar refractivity (Wildman–Crippen MR) is 90.2 cm³/mol. The lowest BCUT2D eigenvalue weighted by Crippen LogP contribution is -2.45. The summed E-state index contributed by atoms with van der Waals surface area (Å²) < 4.78 is 28.2. The van der Waals surface area contributed by atoms with Crippen LogP contribution in [0.1, 0.15) is 53.5 Å². The molecule has 1 aromatic heterocycles. The standard InChI is InChI=1S/C15H28N2O2S2/c1-7-16-9-12-8-13(20-10-12)21(18,19)17-15(5,6)11-14(2,3)4/h8,10,16-17H,7,9,11H2,1-6H3. The summed E-state index contributed by atoms with van der Waals surface area (Å²) in [6.45, 7) is 13.8. The molecule has 0 spiro atoms. The molecule has 0 radical (unpaired) electrons. The van der Waals surface area contributed by atoms with E-state index in [4.69, 9.17) is 0 Å².